The number of amides is 2. The predicted molar refractivity (Wildman–Crippen MR) is 109 cm³/mol. The van der Waals surface area contributed by atoms with Crippen LogP contribution < -0.4 is 19.7 Å². The molecule has 0 saturated heterocycles. The van der Waals surface area contributed by atoms with Gasteiger partial charge in [0, 0.05) is 18.3 Å². The highest BCUT2D eigenvalue weighted by atomic mass is 16.5. The molecule has 1 heterocycles. The van der Waals surface area contributed by atoms with E-state index >= 15 is 0 Å². The van der Waals surface area contributed by atoms with Crippen LogP contribution in [-0.4, -0.2) is 32.6 Å². The van der Waals surface area contributed by atoms with Gasteiger partial charge in [-0.25, -0.2) is 0 Å². The number of aryl methyl sites for hydroxylation is 1. The molecule has 0 bridgehead atoms. The number of methoxy groups -OCH3 is 2. The SMILES string of the molecule is COc1ccc(NC(=O)C(C)(C)C(=O)N2CCCc3ccccc32)c(OC)c1. The Labute approximate surface area is 165 Å². The van der Waals surface area contributed by atoms with Crippen molar-refractivity contribution < 1.29 is 19.1 Å². The highest BCUT2D eigenvalue weighted by molar-refractivity contribution is 6.15. The number of hydrogen-bond acceptors (Lipinski definition) is 4. The number of carbonyl (C=O) groups is 2. The molecule has 3 rings (SSSR count). The van der Waals surface area contributed by atoms with E-state index in [0.717, 1.165) is 24.1 Å². The van der Waals surface area contributed by atoms with Gasteiger partial charge in [0.2, 0.25) is 11.8 Å². The molecule has 0 spiro atoms. The summed E-state index contributed by atoms with van der Waals surface area (Å²) in [7, 11) is 3.08. The van der Waals surface area contributed by atoms with Crippen LogP contribution in [0.2, 0.25) is 0 Å². The first kappa shape index (κ1) is 19.7. The van der Waals surface area contributed by atoms with E-state index < -0.39 is 5.41 Å². The Bertz CT molecular complexity index is 892. The third-order valence-corrected chi connectivity index (χ3v) is 5.11. The highest BCUT2D eigenvalue weighted by Crippen LogP contribution is 2.34. The summed E-state index contributed by atoms with van der Waals surface area (Å²) in [4.78, 5) is 28.0. The molecular weight excluding hydrogens is 356 g/mol. The van der Waals surface area contributed by atoms with Gasteiger partial charge in [0.25, 0.3) is 0 Å². The fourth-order valence-electron chi connectivity index (χ4n) is 3.36. The van der Waals surface area contributed by atoms with Crippen LogP contribution in [0.15, 0.2) is 42.5 Å². The van der Waals surface area contributed by atoms with E-state index in [0.29, 0.717) is 23.7 Å². The Morgan fingerprint density at radius 2 is 1.82 bits per heavy atom. The van der Waals surface area contributed by atoms with Crippen LogP contribution in [0.4, 0.5) is 11.4 Å². The number of ether oxygens (including phenoxy) is 2. The van der Waals surface area contributed by atoms with Crippen molar-refractivity contribution in [1.29, 1.82) is 0 Å². The molecule has 1 aliphatic rings. The first-order chi connectivity index (χ1) is 13.4. The van der Waals surface area contributed by atoms with Crippen LogP contribution in [0.25, 0.3) is 0 Å². The fraction of sp³-hybridized carbons (Fsp3) is 0.364. The lowest BCUT2D eigenvalue weighted by Gasteiger charge is -2.35. The summed E-state index contributed by atoms with van der Waals surface area (Å²) in [5.74, 6) is 0.489. The maximum absolute atomic E-state index is 13.3. The summed E-state index contributed by atoms with van der Waals surface area (Å²) in [6.45, 7) is 3.91. The minimum Gasteiger partial charge on any atom is -0.497 e. The molecule has 6 heteroatoms. The van der Waals surface area contributed by atoms with Crippen LogP contribution in [0, 0.1) is 5.41 Å². The summed E-state index contributed by atoms with van der Waals surface area (Å²) < 4.78 is 10.5. The summed E-state index contributed by atoms with van der Waals surface area (Å²) in [5, 5.41) is 2.83. The first-order valence-electron chi connectivity index (χ1n) is 9.32. The van der Waals surface area contributed by atoms with E-state index in [9.17, 15) is 9.59 Å². The number of fused-ring (bicyclic) bond motifs is 1. The number of nitrogens with zero attached hydrogens (tertiary/aromatic N) is 1. The van der Waals surface area contributed by atoms with Gasteiger partial charge >= 0.3 is 0 Å². The van der Waals surface area contributed by atoms with Crippen molar-refractivity contribution in [3.8, 4) is 11.5 Å². The van der Waals surface area contributed by atoms with Gasteiger partial charge in [-0.05, 0) is 50.5 Å². The van der Waals surface area contributed by atoms with Crippen molar-refractivity contribution in [3.63, 3.8) is 0 Å². The average Bonchev–Trinajstić information content (AvgIpc) is 2.72. The quantitative estimate of drug-likeness (QED) is 0.802. The monoisotopic (exact) mass is 382 g/mol. The molecule has 0 unspecified atom stereocenters. The van der Waals surface area contributed by atoms with E-state index in [4.69, 9.17) is 9.47 Å². The number of hydrogen-bond donors (Lipinski definition) is 1. The van der Waals surface area contributed by atoms with E-state index in [1.807, 2.05) is 24.3 Å². The maximum Gasteiger partial charge on any atom is 0.242 e. The standard InChI is InChI=1S/C22H26N2O4/c1-22(2,20(25)23-17-12-11-16(27-3)14-19(17)28-4)21(26)24-13-7-9-15-8-5-6-10-18(15)24/h5-6,8,10-12,14H,7,9,13H2,1-4H3,(H,23,25). The molecule has 0 radical (unpaired) electrons. The zero-order valence-electron chi connectivity index (χ0n) is 16.7. The molecule has 1 N–H and O–H groups in total. The smallest absolute Gasteiger partial charge is 0.242 e. The lowest BCUT2D eigenvalue weighted by atomic mass is 9.88. The van der Waals surface area contributed by atoms with Crippen LogP contribution >= 0.6 is 0 Å². The second-order valence-corrected chi connectivity index (χ2v) is 7.33. The van der Waals surface area contributed by atoms with E-state index in [2.05, 4.69) is 5.32 Å². The topological polar surface area (TPSA) is 67.9 Å². The average molecular weight is 382 g/mol. The second-order valence-electron chi connectivity index (χ2n) is 7.33. The van der Waals surface area contributed by atoms with Crippen LogP contribution in [0.3, 0.4) is 0 Å². The van der Waals surface area contributed by atoms with Crippen LogP contribution in [0.5, 0.6) is 11.5 Å². The summed E-state index contributed by atoms with van der Waals surface area (Å²) in [5.41, 5.74) is 1.28. The highest BCUT2D eigenvalue weighted by Gasteiger charge is 2.41. The molecule has 0 aliphatic carbocycles. The summed E-state index contributed by atoms with van der Waals surface area (Å²) in [6.07, 6.45) is 1.82. The van der Waals surface area contributed by atoms with E-state index in [1.165, 1.54) is 7.11 Å². The summed E-state index contributed by atoms with van der Waals surface area (Å²) >= 11 is 0. The van der Waals surface area contributed by atoms with Gasteiger partial charge in [-0.15, -0.1) is 0 Å². The van der Waals surface area contributed by atoms with E-state index in [-0.39, 0.29) is 11.8 Å². The normalized spacial score (nSPS) is 13.5. The van der Waals surface area contributed by atoms with Crippen molar-refractivity contribution in [1.82, 2.24) is 0 Å². The molecule has 0 aromatic heterocycles. The minimum absolute atomic E-state index is 0.218. The first-order valence-corrected chi connectivity index (χ1v) is 9.32. The third kappa shape index (κ3) is 3.67. The molecule has 2 aromatic carbocycles. The van der Waals surface area contributed by atoms with Crippen molar-refractivity contribution in [2.24, 2.45) is 5.41 Å². The zero-order chi connectivity index (χ0) is 20.3. The fourth-order valence-corrected chi connectivity index (χ4v) is 3.36. The van der Waals surface area contributed by atoms with Gasteiger partial charge in [0.1, 0.15) is 16.9 Å². The number of para-hydroxylation sites is 1. The van der Waals surface area contributed by atoms with Crippen molar-refractivity contribution in [2.45, 2.75) is 26.7 Å². The van der Waals surface area contributed by atoms with Gasteiger partial charge in [0.05, 0.1) is 19.9 Å². The van der Waals surface area contributed by atoms with Crippen LogP contribution in [0.1, 0.15) is 25.8 Å². The largest absolute Gasteiger partial charge is 0.497 e. The number of anilines is 2. The molecule has 28 heavy (non-hydrogen) atoms. The maximum atomic E-state index is 13.3. The number of rotatable bonds is 5. The van der Waals surface area contributed by atoms with Crippen molar-refractivity contribution >= 4 is 23.2 Å². The second kappa shape index (κ2) is 7.92. The van der Waals surface area contributed by atoms with Gasteiger partial charge < -0.3 is 19.7 Å². The molecule has 6 nitrogen and oxygen atoms in total. The van der Waals surface area contributed by atoms with Crippen LogP contribution in [-0.2, 0) is 16.0 Å². The van der Waals surface area contributed by atoms with Gasteiger partial charge in [0.15, 0.2) is 0 Å². The Morgan fingerprint density at radius 1 is 1.07 bits per heavy atom. The van der Waals surface area contributed by atoms with Crippen molar-refractivity contribution in [2.75, 3.05) is 31.0 Å². The number of benzene rings is 2. The number of carbonyl (C=O) groups excluding carboxylic acids is 2. The Kier molecular flexibility index (Phi) is 5.58. The Morgan fingerprint density at radius 3 is 2.54 bits per heavy atom. The molecule has 2 amide bonds. The van der Waals surface area contributed by atoms with Gasteiger partial charge in [-0.3, -0.25) is 9.59 Å². The molecule has 0 atom stereocenters. The molecule has 148 valence electrons. The predicted octanol–water partition coefficient (Wildman–Crippen LogP) is 3.65. The molecule has 1 aliphatic heterocycles. The van der Waals surface area contributed by atoms with Crippen molar-refractivity contribution in [3.05, 3.63) is 48.0 Å². The lowest BCUT2D eigenvalue weighted by Crippen LogP contribution is -2.49. The Hall–Kier alpha value is -3.02. The molecule has 0 saturated carbocycles. The molecular formula is C22H26N2O4. The molecule has 0 fully saturated rings. The minimum atomic E-state index is -1.24. The van der Waals surface area contributed by atoms with Gasteiger partial charge in [-0.2, -0.15) is 0 Å². The number of nitrogens with one attached hydrogen (secondary N) is 1. The lowest BCUT2D eigenvalue weighted by molar-refractivity contribution is -0.136. The van der Waals surface area contributed by atoms with Gasteiger partial charge in [-0.1, -0.05) is 18.2 Å². The van der Waals surface area contributed by atoms with E-state index in [1.54, 1.807) is 44.1 Å². The molecule has 2 aromatic rings. The summed E-state index contributed by atoms with van der Waals surface area (Å²) in [6, 6.07) is 13.0. The Balaban J connectivity index is 1.83. The third-order valence-electron chi connectivity index (χ3n) is 5.11. The zero-order valence-corrected chi connectivity index (χ0v) is 16.7.